The van der Waals surface area contributed by atoms with Crippen molar-refractivity contribution in [2.24, 2.45) is 5.92 Å². The van der Waals surface area contributed by atoms with Gasteiger partial charge in [0.15, 0.2) is 0 Å². The Kier molecular flexibility index (Phi) is 6.91. The summed E-state index contributed by atoms with van der Waals surface area (Å²) in [6.45, 7) is 8.00. The zero-order valence-corrected chi connectivity index (χ0v) is 17.9. The van der Waals surface area contributed by atoms with Crippen LogP contribution < -0.4 is 0 Å². The highest BCUT2D eigenvalue weighted by atomic mass is 32.2. The number of hydrogen-bond acceptors (Lipinski definition) is 5. The van der Waals surface area contributed by atoms with E-state index < -0.39 is 9.84 Å². The molecule has 1 saturated heterocycles. The first-order valence-corrected chi connectivity index (χ1v) is 11.8. The highest BCUT2D eigenvalue weighted by molar-refractivity contribution is 7.90. The van der Waals surface area contributed by atoms with Gasteiger partial charge in [0, 0.05) is 25.9 Å². The Bertz CT molecular complexity index is 862. The van der Waals surface area contributed by atoms with Gasteiger partial charge in [-0.15, -0.1) is 0 Å². The normalized spacial score (nSPS) is 18.6. The van der Waals surface area contributed by atoms with Gasteiger partial charge in [-0.1, -0.05) is 44.2 Å². The van der Waals surface area contributed by atoms with Crippen LogP contribution in [0.1, 0.15) is 37.9 Å². The number of ether oxygens (including phenoxy) is 1. The third-order valence-electron chi connectivity index (χ3n) is 4.96. The van der Waals surface area contributed by atoms with Crippen molar-refractivity contribution < 1.29 is 13.2 Å². The molecule has 1 aliphatic heterocycles. The fourth-order valence-electron chi connectivity index (χ4n) is 3.68. The molecule has 0 bridgehead atoms. The van der Waals surface area contributed by atoms with Crippen LogP contribution in [0, 0.1) is 5.92 Å². The van der Waals surface area contributed by atoms with Gasteiger partial charge in [-0.25, -0.2) is 13.4 Å². The Morgan fingerprint density at radius 3 is 2.68 bits per heavy atom. The molecule has 0 spiro atoms. The second-order valence-electron chi connectivity index (χ2n) is 8.10. The van der Waals surface area contributed by atoms with E-state index in [0.29, 0.717) is 25.6 Å². The van der Waals surface area contributed by atoms with Crippen molar-refractivity contribution in [3.63, 3.8) is 0 Å². The van der Waals surface area contributed by atoms with Gasteiger partial charge in [0.25, 0.3) is 0 Å². The van der Waals surface area contributed by atoms with E-state index in [2.05, 4.69) is 35.9 Å². The number of nitrogens with zero attached hydrogens (tertiary/aromatic N) is 3. The van der Waals surface area contributed by atoms with Crippen LogP contribution in [0.25, 0.3) is 0 Å². The molecule has 1 aromatic carbocycles. The lowest BCUT2D eigenvalue weighted by molar-refractivity contribution is -0.0126. The highest BCUT2D eigenvalue weighted by Gasteiger charge is 2.24. The first kappa shape index (κ1) is 21.0. The van der Waals surface area contributed by atoms with Crippen LogP contribution in [0.5, 0.6) is 0 Å². The molecule has 1 aliphatic rings. The fraction of sp³-hybridized carbons (Fsp3) is 0.571. The summed E-state index contributed by atoms with van der Waals surface area (Å²) in [6, 6.07) is 10.2. The van der Waals surface area contributed by atoms with Crippen LogP contribution in [-0.4, -0.2) is 48.3 Å². The molecule has 1 unspecified atom stereocenters. The second-order valence-corrected chi connectivity index (χ2v) is 10.0. The number of benzene rings is 1. The molecule has 154 valence electrons. The van der Waals surface area contributed by atoms with Crippen molar-refractivity contribution in [1.29, 1.82) is 0 Å². The number of hydrogen-bond donors (Lipinski definition) is 0. The molecule has 0 radical (unpaired) electrons. The SMILES string of the molecule is CC(C)Cn1c(CN2CCCC(OCc3ccccc3)C2)cnc1S(C)(=O)=O. The number of aromatic nitrogens is 2. The van der Waals surface area contributed by atoms with Gasteiger partial charge in [-0.3, -0.25) is 4.90 Å². The zero-order valence-electron chi connectivity index (χ0n) is 17.0. The van der Waals surface area contributed by atoms with E-state index in [1.54, 1.807) is 6.20 Å². The minimum atomic E-state index is -3.34. The van der Waals surface area contributed by atoms with Crippen LogP contribution in [0.3, 0.4) is 0 Å². The van der Waals surface area contributed by atoms with E-state index in [1.165, 1.54) is 11.8 Å². The lowest BCUT2D eigenvalue weighted by atomic mass is 10.1. The van der Waals surface area contributed by atoms with E-state index in [-0.39, 0.29) is 11.3 Å². The first-order valence-electron chi connectivity index (χ1n) is 9.95. The van der Waals surface area contributed by atoms with E-state index in [4.69, 9.17) is 4.74 Å². The summed E-state index contributed by atoms with van der Waals surface area (Å²) in [7, 11) is -3.34. The maximum atomic E-state index is 12.1. The predicted octanol–water partition coefficient (Wildman–Crippen LogP) is 3.12. The molecule has 0 N–H and O–H groups in total. The van der Waals surface area contributed by atoms with Crippen molar-refractivity contribution in [2.75, 3.05) is 19.3 Å². The highest BCUT2D eigenvalue weighted by Crippen LogP contribution is 2.20. The molecule has 0 saturated carbocycles. The molecule has 28 heavy (non-hydrogen) atoms. The molecule has 1 atom stereocenters. The van der Waals surface area contributed by atoms with E-state index >= 15 is 0 Å². The van der Waals surface area contributed by atoms with Crippen LogP contribution >= 0.6 is 0 Å². The molecule has 1 fully saturated rings. The largest absolute Gasteiger partial charge is 0.372 e. The van der Waals surface area contributed by atoms with Gasteiger partial charge >= 0.3 is 0 Å². The van der Waals surface area contributed by atoms with Crippen LogP contribution in [0.2, 0.25) is 0 Å². The first-order chi connectivity index (χ1) is 13.3. The standard InChI is InChI=1S/C21H31N3O3S/c1-17(2)13-24-19(12-22-21(24)28(3,25)26)14-23-11-7-10-20(15-23)27-16-18-8-5-4-6-9-18/h4-6,8-9,12,17,20H,7,10-11,13-16H2,1-3H3. The van der Waals surface area contributed by atoms with Gasteiger partial charge in [0.1, 0.15) is 0 Å². The molecule has 1 aromatic heterocycles. The van der Waals surface area contributed by atoms with Gasteiger partial charge in [0.2, 0.25) is 15.0 Å². The Labute approximate surface area is 168 Å². The summed E-state index contributed by atoms with van der Waals surface area (Å²) in [6.07, 6.45) is 5.28. The Morgan fingerprint density at radius 2 is 2.00 bits per heavy atom. The zero-order chi connectivity index (χ0) is 20.1. The second kappa shape index (κ2) is 9.20. The van der Waals surface area contributed by atoms with Crippen molar-refractivity contribution >= 4 is 9.84 Å². The number of rotatable bonds is 8. The average Bonchev–Trinajstić information content (AvgIpc) is 3.03. The summed E-state index contributed by atoms with van der Waals surface area (Å²) >= 11 is 0. The van der Waals surface area contributed by atoms with E-state index in [1.807, 2.05) is 22.8 Å². The summed E-state index contributed by atoms with van der Waals surface area (Å²) in [4.78, 5) is 6.56. The molecule has 0 amide bonds. The smallest absolute Gasteiger partial charge is 0.227 e. The summed E-state index contributed by atoms with van der Waals surface area (Å²) in [5, 5.41) is 0.171. The quantitative estimate of drug-likeness (QED) is 0.675. The lowest BCUT2D eigenvalue weighted by Gasteiger charge is -2.32. The van der Waals surface area contributed by atoms with Crippen molar-refractivity contribution in [3.8, 4) is 0 Å². The molecule has 6 nitrogen and oxygen atoms in total. The molecule has 7 heteroatoms. The summed E-state index contributed by atoms with van der Waals surface area (Å²) in [5.41, 5.74) is 2.14. The predicted molar refractivity (Wildman–Crippen MR) is 110 cm³/mol. The average molecular weight is 406 g/mol. The number of piperidine rings is 1. The fourth-order valence-corrected chi connectivity index (χ4v) is 4.52. The number of sulfone groups is 1. The maximum absolute atomic E-state index is 12.1. The third kappa shape index (κ3) is 5.65. The van der Waals surface area contributed by atoms with Crippen LogP contribution in [0.15, 0.2) is 41.7 Å². The molecule has 0 aliphatic carbocycles. The molecule has 3 rings (SSSR count). The van der Waals surface area contributed by atoms with E-state index in [9.17, 15) is 8.42 Å². The molecule has 2 heterocycles. The van der Waals surface area contributed by atoms with Gasteiger partial charge in [0.05, 0.1) is 24.6 Å². The third-order valence-corrected chi connectivity index (χ3v) is 5.95. The minimum absolute atomic E-state index is 0.171. The van der Waals surface area contributed by atoms with Crippen molar-refractivity contribution in [2.45, 2.75) is 57.6 Å². The maximum Gasteiger partial charge on any atom is 0.227 e. The number of imidazole rings is 1. The lowest BCUT2D eigenvalue weighted by Crippen LogP contribution is -2.39. The summed E-state index contributed by atoms with van der Waals surface area (Å²) in [5.74, 6) is 0.344. The Hall–Kier alpha value is -1.70. The Balaban J connectivity index is 1.65. The van der Waals surface area contributed by atoms with Crippen molar-refractivity contribution in [1.82, 2.24) is 14.5 Å². The van der Waals surface area contributed by atoms with Gasteiger partial charge in [-0.2, -0.15) is 0 Å². The Morgan fingerprint density at radius 1 is 1.25 bits per heavy atom. The summed E-state index contributed by atoms with van der Waals surface area (Å²) < 4.78 is 32.2. The number of likely N-dealkylation sites (tertiary alicyclic amines) is 1. The molecular formula is C21H31N3O3S. The molecule has 2 aromatic rings. The monoisotopic (exact) mass is 405 g/mol. The van der Waals surface area contributed by atoms with Crippen molar-refractivity contribution in [3.05, 3.63) is 47.8 Å². The van der Waals surface area contributed by atoms with Crippen LogP contribution in [-0.2, 0) is 34.3 Å². The molecular weight excluding hydrogens is 374 g/mol. The van der Waals surface area contributed by atoms with Crippen LogP contribution in [0.4, 0.5) is 0 Å². The van der Waals surface area contributed by atoms with Gasteiger partial charge < -0.3 is 9.30 Å². The van der Waals surface area contributed by atoms with E-state index in [0.717, 1.165) is 31.6 Å². The minimum Gasteiger partial charge on any atom is -0.372 e. The topological polar surface area (TPSA) is 64.4 Å². The van der Waals surface area contributed by atoms with Gasteiger partial charge in [-0.05, 0) is 30.9 Å².